The first-order chi connectivity index (χ1) is 11.8. The second-order valence-electron chi connectivity index (χ2n) is 4.92. The van der Waals surface area contributed by atoms with Crippen LogP contribution >= 0.6 is 0 Å². The molecule has 2 rings (SSSR count). The largest absolute Gasteiger partial charge is 0.469 e. The number of hydrogen-bond acceptors (Lipinski definition) is 6. The predicted molar refractivity (Wildman–Crippen MR) is 86.8 cm³/mol. The molecule has 0 fully saturated rings. The van der Waals surface area contributed by atoms with Crippen molar-refractivity contribution in [1.82, 2.24) is 15.3 Å². The zero-order valence-corrected chi connectivity index (χ0v) is 14.6. The molecule has 10 heteroatoms. The van der Waals surface area contributed by atoms with E-state index in [1.807, 2.05) is 0 Å². The van der Waals surface area contributed by atoms with E-state index in [0.717, 1.165) is 0 Å². The molecule has 0 saturated carbocycles. The van der Waals surface area contributed by atoms with Gasteiger partial charge < -0.3 is 4.42 Å². The average Bonchev–Trinajstić information content (AvgIpc) is 3.04. The van der Waals surface area contributed by atoms with Gasteiger partial charge in [0, 0.05) is 12.6 Å². The van der Waals surface area contributed by atoms with Gasteiger partial charge in [0.05, 0.1) is 23.8 Å². The molecule has 2 N–H and O–H groups in total. The fraction of sp³-hybridized carbons (Fsp3) is 0.200. The Morgan fingerprint density at radius 2 is 1.68 bits per heavy atom. The molecule has 0 radical (unpaired) electrons. The molecular weight excluding hydrogens is 350 g/mol. The fourth-order valence-electron chi connectivity index (χ4n) is 1.90. The van der Waals surface area contributed by atoms with Crippen molar-refractivity contribution < 1.29 is 27.3 Å². The summed E-state index contributed by atoms with van der Waals surface area (Å²) in [5.41, 5.74) is 4.96. The number of hydrazine groups is 1. The van der Waals surface area contributed by atoms with Gasteiger partial charge >= 0.3 is 0 Å². The molecule has 25 heavy (non-hydrogen) atoms. The molecule has 0 aliphatic carbocycles. The Balaban J connectivity index is 2.04. The second-order valence-corrected chi connectivity index (χ2v) is 6.86. The van der Waals surface area contributed by atoms with Crippen molar-refractivity contribution in [1.29, 1.82) is 0 Å². The molecule has 2 aromatic rings. The summed E-state index contributed by atoms with van der Waals surface area (Å²) < 4.78 is 29.8. The lowest BCUT2D eigenvalue weighted by atomic mass is 10.2. The van der Waals surface area contributed by atoms with Crippen LogP contribution in [0.3, 0.4) is 0 Å². The second kappa shape index (κ2) is 7.47. The highest BCUT2D eigenvalue weighted by atomic mass is 32.2. The van der Waals surface area contributed by atoms with Crippen LogP contribution in [0.15, 0.2) is 45.9 Å². The first-order valence-electron chi connectivity index (χ1n) is 7.05. The average molecular weight is 367 g/mol. The Hall–Kier alpha value is -2.69. The van der Waals surface area contributed by atoms with Gasteiger partial charge in [-0.3, -0.25) is 25.3 Å². The molecule has 1 aromatic heterocycles. The van der Waals surface area contributed by atoms with Crippen molar-refractivity contribution in [2.24, 2.45) is 0 Å². The van der Waals surface area contributed by atoms with Crippen molar-refractivity contribution in [2.75, 3.05) is 14.2 Å². The molecule has 0 bridgehead atoms. The molecule has 9 nitrogen and oxygen atoms in total. The number of aryl methyl sites for hydroxylation is 1. The molecule has 0 saturated heterocycles. The molecule has 0 atom stereocenters. The smallest absolute Gasteiger partial charge is 0.273 e. The minimum absolute atomic E-state index is 0.0357. The number of furan rings is 1. The lowest BCUT2D eigenvalue weighted by Crippen LogP contribution is -2.41. The van der Waals surface area contributed by atoms with Crippen LogP contribution in [-0.4, -0.2) is 38.9 Å². The summed E-state index contributed by atoms with van der Waals surface area (Å²) in [7, 11) is -1.31. The predicted octanol–water partition coefficient (Wildman–Crippen LogP) is 0.845. The first-order valence-corrected chi connectivity index (χ1v) is 8.49. The molecule has 1 aromatic carbocycles. The van der Waals surface area contributed by atoms with E-state index in [1.165, 1.54) is 50.8 Å². The molecule has 0 aliphatic rings. The van der Waals surface area contributed by atoms with Gasteiger partial charge in [0.2, 0.25) is 0 Å². The zero-order valence-electron chi connectivity index (χ0n) is 13.8. The Morgan fingerprint density at radius 1 is 1.08 bits per heavy atom. The van der Waals surface area contributed by atoms with Crippen LogP contribution < -0.4 is 10.9 Å². The summed E-state index contributed by atoms with van der Waals surface area (Å²) >= 11 is 0. The number of sulfonamides is 1. The number of benzene rings is 1. The SMILES string of the molecule is CON(C)S(=O)(=O)c1ccc(C(=O)NNC(=O)c2ccoc2C)cc1. The lowest BCUT2D eigenvalue weighted by molar-refractivity contribution is -0.0258. The van der Waals surface area contributed by atoms with E-state index in [4.69, 9.17) is 4.42 Å². The molecular formula is C15H17N3O6S. The number of amides is 2. The number of hydrogen-bond donors (Lipinski definition) is 2. The van der Waals surface area contributed by atoms with E-state index in [2.05, 4.69) is 15.7 Å². The van der Waals surface area contributed by atoms with Gasteiger partial charge in [0.25, 0.3) is 21.8 Å². The van der Waals surface area contributed by atoms with Crippen molar-refractivity contribution in [3.05, 3.63) is 53.5 Å². The molecule has 0 aliphatic heterocycles. The van der Waals surface area contributed by atoms with E-state index in [1.54, 1.807) is 6.92 Å². The summed E-state index contributed by atoms with van der Waals surface area (Å²) in [6.07, 6.45) is 1.36. The van der Waals surface area contributed by atoms with Gasteiger partial charge in [-0.15, -0.1) is 0 Å². The van der Waals surface area contributed by atoms with Crippen molar-refractivity contribution in [3.8, 4) is 0 Å². The van der Waals surface area contributed by atoms with Crippen LogP contribution in [0.5, 0.6) is 0 Å². The Bertz CT molecular complexity index is 873. The van der Waals surface area contributed by atoms with Crippen LogP contribution in [0.2, 0.25) is 0 Å². The fourth-order valence-corrected chi connectivity index (χ4v) is 2.87. The van der Waals surface area contributed by atoms with E-state index in [-0.39, 0.29) is 10.5 Å². The van der Waals surface area contributed by atoms with Gasteiger partial charge in [-0.05, 0) is 37.3 Å². The number of hydroxylamine groups is 1. The van der Waals surface area contributed by atoms with E-state index in [0.29, 0.717) is 15.8 Å². The summed E-state index contributed by atoms with van der Waals surface area (Å²) in [5, 5.41) is 0. The van der Waals surface area contributed by atoms with Gasteiger partial charge in [0.1, 0.15) is 5.76 Å². The van der Waals surface area contributed by atoms with Gasteiger partial charge in [0.15, 0.2) is 0 Å². The quantitative estimate of drug-likeness (QED) is 0.756. The highest BCUT2D eigenvalue weighted by molar-refractivity contribution is 7.89. The van der Waals surface area contributed by atoms with Crippen LogP contribution in [0, 0.1) is 6.92 Å². The molecule has 0 spiro atoms. The Kier molecular flexibility index (Phi) is 5.57. The van der Waals surface area contributed by atoms with Gasteiger partial charge in [-0.25, -0.2) is 8.42 Å². The minimum Gasteiger partial charge on any atom is -0.469 e. The maximum atomic E-state index is 12.1. The van der Waals surface area contributed by atoms with Gasteiger partial charge in [-0.2, -0.15) is 0 Å². The topological polar surface area (TPSA) is 118 Å². The molecule has 1 heterocycles. The standard InChI is InChI=1S/C15H17N3O6S/c1-10-13(8-9-24-10)15(20)17-16-14(19)11-4-6-12(7-5-11)25(21,22)18(2)23-3/h4-9H,1-3H3,(H,16,19)(H,17,20). The van der Waals surface area contributed by atoms with Crippen LogP contribution in [-0.2, 0) is 14.9 Å². The summed E-state index contributed by atoms with van der Waals surface area (Å²) in [6.45, 7) is 1.62. The number of rotatable bonds is 5. The van der Waals surface area contributed by atoms with Gasteiger partial charge in [-0.1, -0.05) is 4.47 Å². The zero-order chi connectivity index (χ0) is 18.6. The summed E-state index contributed by atoms with van der Waals surface area (Å²) in [6, 6.07) is 6.65. The maximum absolute atomic E-state index is 12.1. The first kappa shape index (κ1) is 18.6. The van der Waals surface area contributed by atoms with Crippen LogP contribution in [0.4, 0.5) is 0 Å². The van der Waals surface area contributed by atoms with Crippen LogP contribution in [0.25, 0.3) is 0 Å². The highest BCUT2D eigenvalue weighted by Crippen LogP contribution is 2.15. The molecule has 134 valence electrons. The van der Waals surface area contributed by atoms with E-state index in [9.17, 15) is 18.0 Å². The highest BCUT2D eigenvalue weighted by Gasteiger charge is 2.21. The number of carbonyl (C=O) groups excluding carboxylic acids is 2. The van der Waals surface area contributed by atoms with Crippen molar-refractivity contribution in [2.45, 2.75) is 11.8 Å². The normalized spacial score (nSPS) is 11.4. The Labute approximate surface area is 144 Å². The van der Waals surface area contributed by atoms with E-state index >= 15 is 0 Å². The number of nitrogens with one attached hydrogen (secondary N) is 2. The minimum atomic E-state index is -3.79. The third-order valence-corrected chi connectivity index (χ3v) is 5.10. The maximum Gasteiger partial charge on any atom is 0.273 e. The lowest BCUT2D eigenvalue weighted by Gasteiger charge is -2.14. The number of nitrogens with zero attached hydrogens (tertiary/aromatic N) is 1. The molecule has 0 unspecified atom stereocenters. The van der Waals surface area contributed by atoms with E-state index < -0.39 is 21.8 Å². The summed E-state index contributed by atoms with van der Waals surface area (Å²) in [4.78, 5) is 28.5. The third kappa shape index (κ3) is 4.05. The molecule has 2 amide bonds. The number of carbonyl (C=O) groups is 2. The monoisotopic (exact) mass is 367 g/mol. The van der Waals surface area contributed by atoms with Crippen molar-refractivity contribution >= 4 is 21.8 Å². The Morgan fingerprint density at radius 3 is 2.20 bits per heavy atom. The summed E-state index contributed by atoms with van der Waals surface area (Å²) in [5.74, 6) is -0.706. The third-order valence-electron chi connectivity index (χ3n) is 3.40. The van der Waals surface area contributed by atoms with Crippen molar-refractivity contribution in [3.63, 3.8) is 0 Å². The van der Waals surface area contributed by atoms with Crippen LogP contribution in [0.1, 0.15) is 26.5 Å².